The van der Waals surface area contributed by atoms with E-state index in [0.717, 1.165) is 20.9 Å². The van der Waals surface area contributed by atoms with E-state index in [1.807, 2.05) is 16.4 Å². The summed E-state index contributed by atoms with van der Waals surface area (Å²) in [5.41, 5.74) is 7.68. The van der Waals surface area contributed by atoms with Crippen molar-refractivity contribution in [3.63, 3.8) is 0 Å². The highest BCUT2D eigenvalue weighted by Crippen LogP contribution is 2.48. The van der Waals surface area contributed by atoms with E-state index in [4.69, 9.17) is 5.73 Å². The number of fused-ring (bicyclic) bond motifs is 1. The van der Waals surface area contributed by atoms with E-state index in [9.17, 15) is 40.7 Å². The Morgan fingerprint density at radius 1 is 0.925 bits per heavy atom. The van der Waals surface area contributed by atoms with Crippen molar-refractivity contribution in [3.05, 3.63) is 63.8 Å². The highest BCUT2D eigenvalue weighted by molar-refractivity contribution is 14.1. The fraction of sp³-hybridized carbons (Fsp3) is 0.576. The van der Waals surface area contributed by atoms with E-state index < -0.39 is 29.8 Å². The smallest absolute Gasteiger partial charge is 0.293 e. The van der Waals surface area contributed by atoms with Crippen LogP contribution in [0.2, 0.25) is 0 Å². The zero-order valence-corrected chi connectivity index (χ0v) is 30.9. The minimum atomic E-state index is -2.66. The summed E-state index contributed by atoms with van der Waals surface area (Å²) in [5, 5.41) is 2.56. The van der Waals surface area contributed by atoms with Gasteiger partial charge in [0.1, 0.15) is 15.6 Å². The Balaban J connectivity index is 0.000000169. The van der Waals surface area contributed by atoms with Gasteiger partial charge in [0.2, 0.25) is 23.7 Å². The second-order valence-electron chi connectivity index (χ2n) is 12.9. The van der Waals surface area contributed by atoms with Crippen LogP contribution in [-0.4, -0.2) is 83.1 Å². The molecule has 3 saturated carbocycles. The Labute approximate surface area is 315 Å². The van der Waals surface area contributed by atoms with Crippen LogP contribution >= 0.6 is 22.6 Å². The molecule has 3 aromatic heterocycles. The van der Waals surface area contributed by atoms with Crippen molar-refractivity contribution in [1.29, 1.82) is 0 Å². The summed E-state index contributed by atoms with van der Waals surface area (Å²) >= 11 is 2.13. The van der Waals surface area contributed by atoms with E-state index in [0.29, 0.717) is 38.3 Å². The van der Waals surface area contributed by atoms with Crippen LogP contribution in [0.15, 0.2) is 37.2 Å². The molecule has 290 valence electrons. The number of halogens is 7. The number of rotatable bonds is 8. The average Bonchev–Trinajstić information content (AvgIpc) is 3.44. The quantitative estimate of drug-likeness (QED) is 0.183. The molecule has 13 nitrogen and oxygen atoms in total. The van der Waals surface area contributed by atoms with Gasteiger partial charge in [-0.1, -0.05) is 6.92 Å². The van der Waals surface area contributed by atoms with Crippen LogP contribution in [0.5, 0.6) is 0 Å². The molecule has 3 aliphatic carbocycles. The molecule has 0 atom stereocenters. The largest absolute Gasteiger partial charge is 0.464 e. The van der Waals surface area contributed by atoms with Crippen molar-refractivity contribution >= 4 is 40.9 Å². The van der Waals surface area contributed by atoms with Crippen molar-refractivity contribution < 1.29 is 45.5 Å². The third kappa shape index (κ3) is 12.3. The number of nitrogens with zero attached hydrogens (tertiary/aromatic N) is 7. The topological polar surface area (TPSA) is 171 Å². The van der Waals surface area contributed by atoms with Crippen LogP contribution < -0.4 is 11.1 Å². The van der Waals surface area contributed by atoms with E-state index in [1.54, 1.807) is 18.6 Å². The number of carbonyl (C=O) groups is 3. The summed E-state index contributed by atoms with van der Waals surface area (Å²) in [6.07, 6.45) is 7.89. The van der Waals surface area contributed by atoms with Gasteiger partial charge in [0, 0.05) is 107 Å². The lowest BCUT2D eigenvalue weighted by atomic mass is 9.80. The molecule has 2 amide bonds. The third-order valence-electron chi connectivity index (χ3n) is 8.75. The Morgan fingerprint density at radius 3 is 1.98 bits per heavy atom. The van der Waals surface area contributed by atoms with Gasteiger partial charge in [-0.3, -0.25) is 34.3 Å². The standard InChI is InChI=1S/C13H16F2IN3O.C10H11F2N3O.C5H6F2O2.C5H7N3/c1-2-10(20)18-3-4-19-9(7-18)11(16)17-12(19)8-5-13(14,15)6-8;11-10(12)3-7(4-10)9(16)15-6-8-5-13-1-2-14-8;6-5(7)1-4(2-5)9-3-8;6-3-5-4-7-1-2-8-5/h8H,2-7H2,1H3;1-2,5,7H,3-4,6H2,(H,15,16);3-4H,1-2H2;1-2,4H,3,6H2. The van der Waals surface area contributed by atoms with Crippen molar-refractivity contribution in [1.82, 2.24) is 39.7 Å². The first-order chi connectivity index (χ1) is 25.0. The molecule has 4 heterocycles. The molecule has 4 aliphatic rings. The van der Waals surface area contributed by atoms with Crippen molar-refractivity contribution in [3.8, 4) is 0 Å². The number of hydrogen-bond acceptors (Lipinski definition) is 10. The van der Waals surface area contributed by atoms with Gasteiger partial charge in [0.25, 0.3) is 12.4 Å². The first kappa shape index (κ1) is 41.8. The number of carbonyl (C=O) groups excluding carboxylic acids is 3. The Bertz CT molecular complexity index is 1650. The lowest BCUT2D eigenvalue weighted by molar-refractivity contribution is -0.171. The summed E-state index contributed by atoms with van der Waals surface area (Å²) in [5.74, 6) is -7.91. The summed E-state index contributed by atoms with van der Waals surface area (Å²) in [7, 11) is 0. The molecular formula is C33H40F6IN9O4. The molecule has 3 fully saturated rings. The lowest BCUT2D eigenvalue weighted by Crippen LogP contribution is -2.44. The van der Waals surface area contributed by atoms with Gasteiger partial charge in [0.05, 0.1) is 36.4 Å². The maximum absolute atomic E-state index is 13.0. The minimum absolute atomic E-state index is 0.100. The first-order valence-corrected chi connectivity index (χ1v) is 17.9. The van der Waals surface area contributed by atoms with E-state index in [1.165, 1.54) is 18.6 Å². The van der Waals surface area contributed by atoms with Gasteiger partial charge in [-0.05, 0) is 22.6 Å². The highest BCUT2D eigenvalue weighted by Gasteiger charge is 2.49. The molecule has 0 aromatic carbocycles. The fourth-order valence-electron chi connectivity index (χ4n) is 5.75. The monoisotopic (exact) mass is 867 g/mol. The van der Waals surface area contributed by atoms with E-state index >= 15 is 0 Å². The zero-order valence-electron chi connectivity index (χ0n) is 28.7. The van der Waals surface area contributed by atoms with E-state index in [2.05, 4.69) is 57.6 Å². The number of nitrogens with two attached hydrogens (primary N) is 1. The maximum Gasteiger partial charge on any atom is 0.293 e. The van der Waals surface area contributed by atoms with Gasteiger partial charge in [0.15, 0.2) is 0 Å². The number of ether oxygens (including phenoxy) is 1. The molecule has 0 unspecified atom stereocenters. The van der Waals surface area contributed by atoms with Gasteiger partial charge >= 0.3 is 0 Å². The summed E-state index contributed by atoms with van der Waals surface area (Å²) in [6, 6.07) is 0. The molecule has 1 aliphatic heterocycles. The predicted molar refractivity (Wildman–Crippen MR) is 184 cm³/mol. The Morgan fingerprint density at radius 2 is 1.51 bits per heavy atom. The summed E-state index contributed by atoms with van der Waals surface area (Å²) in [4.78, 5) is 54.5. The van der Waals surface area contributed by atoms with Gasteiger partial charge in [-0.25, -0.2) is 31.3 Å². The highest BCUT2D eigenvalue weighted by atomic mass is 127. The number of amides is 2. The molecular weight excluding hydrogens is 827 g/mol. The summed E-state index contributed by atoms with van der Waals surface area (Å²) in [6.45, 7) is 4.60. The summed E-state index contributed by atoms with van der Waals surface area (Å²) < 4.78 is 82.1. The van der Waals surface area contributed by atoms with Crippen LogP contribution in [-0.2, 0) is 45.3 Å². The molecule has 0 saturated heterocycles. The van der Waals surface area contributed by atoms with Crippen LogP contribution in [0.4, 0.5) is 26.3 Å². The molecule has 20 heteroatoms. The van der Waals surface area contributed by atoms with Gasteiger partial charge in [-0.15, -0.1) is 0 Å². The third-order valence-corrected chi connectivity index (χ3v) is 9.61. The average molecular weight is 868 g/mol. The molecule has 53 heavy (non-hydrogen) atoms. The van der Waals surface area contributed by atoms with E-state index in [-0.39, 0.29) is 69.3 Å². The lowest BCUT2D eigenvalue weighted by Gasteiger charge is -2.36. The van der Waals surface area contributed by atoms with Gasteiger partial charge < -0.3 is 25.3 Å². The fourth-order valence-corrected chi connectivity index (χ4v) is 6.46. The number of nitrogens with one attached hydrogen (secondary N) is 1. The van der Waals surface area contributed by atoms with Crippen LogP contribution in [0.25, 0.3) is 0 Å². The minimum Gasteiger partial charge on any atom is -0.464 e. The second-order valence-corrected chi connectivity index (χ2v) is 13.9. The number of alkyl halides is 6. The number of imidazole rings is 1. The Kier molecular flexibility index (Phi) is 14.5. The first-order valence-electron chi connectivity index (χ1n) is 16.8. The molecule has 0 bridgehead atoms. The maximum atomic E-state index is 13.0. The molecule has 0 spiro atoms. The van der Waals surface area contributed by atoms with Crippen LogP contribution in [0.3, 0.4) is 0 Å². The predicted octanol–water partition coefficient (Wildman–Crippen LogP) is 4.78. The zero-order chi connectivity index (χ0) is 38.8. The van der Waals surface area contributed by atoms with Crippen LogP contribution in [0.1, 0.15) is 80.7 Å². The SMILES string of the molecule is CCC(=O)N1CCn2c(C3CC(F)(F)C3)nc(I)c2C1.NCc1cnccn1.O=C(NCc1cnccn1)C1CC(F)(F)C1.O=COC1CC(F)(F)C1. The molecule has 3 N–H and O–H groups in total. The van der Waals surface area contributed by atoms with Crippen molar-refractivity contribution in [2.75, 3.05) is 6.54 Å². The van der Waals surface area contributed by atoms with Crippen molar-refractivity contribution in [2.24, 2.45) is 11.7 Å². The number of aromatic nitrogens is 6. The number of hydrogen-bond donors (Lipinski definition) is 2. The second kappa shape index (κ2) is 18.4. The van der Waals surface area contributed by atoms with Gasteiger partial charge in [-0.2, -0.15) is 0 Å². The Hall–Kier alpha value is -3.95. The van der Waals surface area contributed by atoms with Crippen LogP contribution in [0, 0.1) is 9.62 Å². The molecule has 3 aromatic rings. The normalized spacial score (nSPS) is 19.4. The molecule has 0 radical (unpaired) electrons. The van der Waals surface area contributed by atoms with Crippen molar-refractivity contribution in [2.45, 2.75) is 108 Å². The molecule has 7 rings (SSSR count).